The predicted octanol–water partition coefficient (Wildman–Crippen LogP) is 0.434. The van der Waals surface area contributed by atoms with E-state index in [0.717, 1.165) is 11.3 Å². The first-order valence-electron chi connectivity index (χ1n) is 9.14. The summed E-state index contributed by atoms with van der Waals surface area (Å²) in [4.78, 5) is 13.7. The van der Waals surface area contributed by atoms with Crippen molar-refractivity contribution in [3.05, 3.63) is 29.8 Å². The average molecular weight is 395 g/mol. The highest BCUT2D eigenvalue weighted by atomic mass is 32.2. The van der Waals surface area contributed by atoms with E-state index in [0.29, 0.717) is 39.0 Å². The Kier molecular flexibility index (Phi) is 4.56. The molecule has 1 N–H and O–H groups in total. The van der Waals surface area contributed by atoms with Crippen LogP contribution >= 0.6 is 0 Å². The molecule has 3 atom stereocenters. The standard InChI is InChI=1S/C18H25N3O5S/c1-19-17(22)20-10-15-9-16-18(11-20,26-15)12-21(27(16,23)24)8-7-13-3-5-14(25-2)6-4-13/h3-6,15-16H,7-12H2,1-2H3,(H,19,22)/t15-,16+,18+/m1/s1. The van der Waals surface area contributed by atoms with E-state index in [4.69, 9.17) is 9.47 Å². The molecule has 3 fully saturated rings. The van der Waals surface area contributed by atoms with Gasteiger partial charge in [-0.1, -0.05) is 12.1 Å². The maximum Gasteiger partial charge on any atom is 0.317 e. The highest BCUT2D eigenvalue weighted by Gasteiger charge is 2.65. The van der Waals surface area contributed by atoms with Crippen LogP contribution in [0.3, 0.4) is 0 Å². The van der Waals surface area contributed by atoms with Crippen molar-refractivity contribution in [2.24, 2.45) is 0 Å². The number of amides is 2. The van der Waals surface area contributed by atoms with Gasteiger partial charge < -0.3 is 19.7 Å². The molecule has 0 saturated carbocycles. The Bertz CT molecular complexity index is 828. The van der Waals surface area contributed by atoms with Crippen molar-refractivity contribution in [3.8, 4) is 5.75 Å². The SMILES string of the molecule is CNC(=O)N1C[C@H]2C[C@H]3[C@](C1)(CN(CCc1ccc(OC)cc1)S3(=O)=O)O2. The van der Waals surface area contributed by atoms with Crippen molar-refractivity contribution < 1.29 is 22.7 Å². The van der Waals surface area contributed by atoms with Crippen LogP contribution in [0.5, 0.6) is 5.75 Å². The lowest BCUT2D eigenvalue weighted by Crippen LogP contribution is -2.58. The van der Waals surface area contributed by atoms with Gasteiger partial charge in [-0.25, -0.2) is 13.2 Å². The molecule has 1 aromatic rings. The first-order chi connectivity index (χ1) is 12.9. The lowest BCUT2D eigenvalue weighted by molar-refractivity contribution is -0.0952. The zero-order valence-corrected chi connectivity index (χ0v) is 16.4. The van der Waals surface area contributed by atoms with E-state index >= 15 is 0 Å². The molecule has 9 heteroatoms. The summed E-state index contributed by atoms with van der Waals surface area (Å²) in [6, 6.07) is 7.45. The Balaban J connectivity index is 1.49. The van der Waals surface area contributed by atoms with E-state index in [2.05, 4.69) is 5.32 Å². The summed E-state index contributed by atoms with van der Waals surface area (Å²) in [5.41, 5.74) is 0.240. The van der Waals surface area contributed by atoms with Gasteiger partial charge in [-0.05, 0) is 30.5 Å². The largest absolute Gasteiger partial charge is 0.497 e. The Morgan fingerprint density at radius 3 is 2.74 bits per heavy atom. The number of hydrogen-bond acceptors (Lipinski definition) is 5. The van der Waals surface area contributed by atoms with Crippen molar-refractivity contribution in [1.29, 1.82) is 0 Å². The van der Waals surface area contributed by atoms with Crippen molar-refractivity contribution in [1.82, 2.24) is 14.5 Å². The number of carbonyl (C=O) groups excluding carboxylic acids is 1. The molecule has 0 radical (unpaired) electrons. The molecule has 3 aliphatic rings. The van der Waals surface area contributed by atoms with Gasteiger partial charge in [-0.15, -0.1) is 0 Å². The Morgan fingerprint density at radius 2 is 2.07 bits per heavy atom. The minimum Gasteiger partial charge on any atom is -0.497 e. The van der Waals surface area contributed by atoms with Crippen LogP contribution in [0.1, 0.15) is 12.0 Å². The van der Waals surface area contributed by atoms with E-state index in [1.807, 2.05) is 24.3 Å². The second-order valence-electron chi connectivity index (χ2n) is 7.44. The maximum absolute atomic E-state index is 13.1. The van der Waals surface area contributed by atoms with Gasteiger partial charge in [-0.2, -0.15) is 4.31 Å². The number of likely N-dealkylation sites (tertiary alicyclic amines) is 1. The number of ether oxygens (including phenoxy) is 2. The fourth-order valence-electron chi connectivity index (χ4n) is 4.51. The number of methoxy groups -OCH3 is 1. The first-order valence-corrected chi connectivity index (χ1v) is 10.6. The van der Waals surface area contributed by atoms with Crippen LogP contribution in [0, 0.1) is 0 Å². The van der Waals surface area contributed by atoms with Crippen LogP contribution in [-0.2, 0) is 21.2 Å². The number of sulfonamides is 1. The predicted molar refractivity (Wildman–Crippen MR) is 99.2 cm³/mol. The first kappa shape index (κ1) is 18.5. The second kappa shape index (κ2) is 6.65. The van der Waals surface area contributed by atoms with Gasteiger partial charge in [0, 0.05) is 26.7 Å². The molecule has 1 aromatic carbocycles. The summed E-state index contributed by atoms with van der Waals surface area (Å²) >= 11 is 0. The third-order valence-electron chi connectivity index (χ3n) is 5.82. The zero-order valence-electron chi connectivity index (χ0n) is 15.6. The van der Waals surface area contributed by atoms with Gasteiger partial charge in [-0.3, -0.25) is 0 Å². The van der Waals surface area contributed by atoms with E-state index < -0.39 is 20.9 Å². The van der Waals surface area contributed by atoms with Crippen LogP contribution in [0.25, 0.3) is 0 Å². The summed E-state index contributed by atoms with van der Waals surface area (Å²) in [5.74, 6) is 0.775. The number of nitrogens with one attached hydrogen (secondary N) is 1. The molecule has 8 nitrogen and oxygen atoms in total. The number of fused-ring (bicyclic) bond motifs is 1. The zero-order chi connectivity index (χ0) is 19.2. The number of urea groups is 1. The van der Waals surface area contributed by atoms with Gasteiger partial charge in [0.1, 0.15) is 16.6 Å². The number of hydrogen-bond donors (Lipinski definition) is 1. The van der Waals surface area contributed by atoms with Crippen molar-refractivity contribution in [3.63, 3.8) is 0 Å². The molecular weight excluding hydrogens is 370 g/mol. The molecule has 2 amide bonds. The molecule has 27 heavy (non-hydrogen) atoms. The van der Waals surface area contributed by atoms with Crippen molar-refractivity contribution in [2.75, 3.05) is 40.3 Å². The van der Waals surface area contributed by atoms with E-state index in [-0.39, 0.29) is 12.1 Å². The molecule has 1 spiro atoms. The van der Waals surface area contributed by atoms with Gasteiger partial charge in [0.05, 0.1) is 19.8 Å². The Morgan fingerprint density at radius 1 is 1.33 bits per heavy atom. The van der Waals surface area contributed by atoms with E-state index in [9.17, 15) is 13.2 Å². The second-order valence-corrected chi connectivity index (χ2v) is 9.56. The third-order valence-corrected chi connectivity index (χ3v) is 8.19. The van der Waals surface area contributed by atoms with Crippen LogP contribution in [0.15, 0.2) is 24.3 Å². The maximum atomic E-state index is 13.1. The average Bonchev–Trinajstić information content (AvgIpc) is 3.04. The molecule has 3 saturated heterocycles. The van der Waals surface area contributed by atoms with Crippen LogP contribution in [-0.4, -0.2) is 80.9 Å². The topological polar surface area (TPSA) is 88.2 Å². The van der Waals surface area contributed by atoms with Crippen LogP contribution < -0.4 is 10.1 Å². The van der Waals surface area contributed by atoms with Gasteiger partial charge in [0.25, 0.3) is 0 Å². The number of nitrogens with zero attached hydrogens (tertiary/aromatic N) is 2. The van der Waals surface area contributed by atoms with Gasteiger partial charge in [0.15, 0.2) is 0 Å². The smallest absolute Gasteiger partial charge is 0.317 e. The summed E-state index contributed by atoms with van der Waals surface area (Å²) in [6.45, 7) is 1.46. The third kappa shape index (κ3) is 3.07. The fraction of sp³-hybridized carbons (Fsp3) is 0.611. The summed E-state index contributed by atoms with van der Waals surface area (Å²) in [7, 11) is -0.242. The molecule has 3 heterocycles. The summed E-state index contributed by atoms with van der Waals surface area (Å²) in [6.07, 6.45) is 0.864. The monoisotopic (exact) mass is 395 g/mol. The number of benzene rings is 1. The minimum absolute atomic E-state index is 0.183. The molecule has 2 bridgehead atoms. The summed E-state index contributed by atoms with van der Waals surface area (Å²) in [5, 5.41) is 2.06. The van der Waals surface area contributed by atoms with Crippen molar-refractivity contribution in [2.45, 2.75) is 29.8 Å². The normalized spacial score (nSPS) is 31.6. The molecule has 0 unspecified atom stereocenters. The number of rotatable bonds is 4. The van der Waals surface area contributed by atoms with Crippen LogP contribution in [0.4, 0.5) is 4.79 Å². The molecule has 148 valence electrons. The summed E-state index contributed by atoms with van der Waals surface area (Å²) < 4.78 is 39.0. The van der Waals surface area contributed by atoms with E-state index in [1.54, 1.807) is 19.1 Å². The Hall–Kier alpha value is -1.84. The quantitative estimate of drug-likeness (QED) is 0.799. The lowest BCUT2D eigenvalue weighted by Gasteiger charge is -2.39. The molecule has 4 rings (SSSR count). The minimum atomic E-state index is -3.44. The fourth-order valence-corrected chi connectivity index (χ4v) is 6.82. The molecular formula is C18H25N3O5S. The van der Waals surface area contributed by atoms with E-state index in [1.165, 1.54) is 4.31 Å². The molecule has 0 aromatic heterocycles. The lowest BCUT2D eigenvalue weighted by atomic mass is 9.99. The highest BCUT2D eigenvalue weighted by Crippen LogP contribution is 2.46. The van der Waals surface area contributed by atoms with Gasteiger partial charge in [0.2, 0.25) is 10.0 Å². The van der Waals surface area contributed by atoms with Gasteiger partial charge >= 0.3 is 6.03 Å². The van der Waals surface area contributed by atoms with Crippen molar-refractivity contribution >= 4 is 16.1 Å². The molecule has 3 aliphatic heterocycles. The van der Waals surface area contributed by atoms with Crippen LogP contribution in [0.2, 0.25) is 0 Å². The number of carbonyl (C=O) groups is 1. The highest BCUT2D eigenvalue weighted by molar-refractivity contribution is 7.90. The Labute approximate surface area is 159 Å². The number of morpholine rings is 1. The molecule has 0 aliphatic carbocycles.